The fourth-order valence-electron chi connectivity index (χ4n) is 3.31. The fourth-order valence-corrected chi connectivity index (χ4v) is 3.31. The lowest BCUT2D eigenvalue weighted by Gasteiger charge is -2.29. The van der Waals surface area contributed by atoms with Crippen LogP contribution in [0.15, 0.2) is 24.3 Å². The van der Waals surface area contributed by atoms with E-state index < -0.39 is 0 Å². The van der Waals surface area contributed by atoms with Crippen molar-refractivity contribution in [3.05, 3.63) is 35.4 Å². The molecule has 1 saturated carbocycles. The molecular weight excluding hydrogens is 216 g/mol. The van der Waals surface area contributed by atoms with Crippen molar-refractivity contribution in [2.45, 2.75) is 71.1 Å². The molecule has 0 atom stereocenters. The highest BCUT2D eigenvalue weighted by molar-refractivity contribution is 5.24. The minimum atomic E-state index is 0.841. The molecule has 0 nitrogen and oxygen atoms in total. The molecule has 1 aliphatic rings. The van der Waals surface area contributed by atoms with Crippen molar-refractivity contribution in [3.8, 4) is 0 Å². The van der Waals surface area contributed by atoms with E-state index >= 15 is 0 Å². The van der Waals surface area contributed by atoms with Crippen molar-refractivity contribution < 1.29 is 0 Å². The maximum Gasteiger partial charge on any atom is -0.0162 e. The lowest BCUT2D eigenvalue weighted by atomic mass is 9.77. The molecule has 0 spiro atoms. The van der Waals surface area contributed by atoms with Crippen molar-refractivity contribution in [3.63, 3.8) is 0 Å². The monoisotopic (exact) mass is 244 g/mol. The van der Waals surface area contributed by atoms with Gasteiger partial charge in [-0.1, -0.05) is 62.4 Å². The number of unbranched alkanes of at least 4 members (excludes halogenated alkanes) is 2. The van der Waals surface area contributed by atoms with Gasteiger partial charge in [0, 0.05) is 0 Å². The van der Waals surface area contributed by atoms with Gasteiger partial charge in [0.15, 0.2) is 0 Å². The molecule has 0 bridgehead atoms. The second-order valence-corrected chi connectivity index (χ2v) is 6.12. The van der Waals surface area contributed by atoms with Gasteiger partial charge in [0.05, 0.1) is 0 Å². The van der Waals surface area contributed by atoms with E-state index in [9.17, 15) is 0 Å². The van der Waals surface area contributed by atoms with Crippen LogP contribution in [0.4, 0.5) is 0 Å². The summed E-state index contributed by atoms with van der Waals surface area (Å²) >= 11 is 0. The van der Waals surface area contributed by atoms with Gasteiger partial charge in [-0.05, 0) is 50.0 Å². The summed E-state index contributed by atoms with van der Waals surface area (Å²) in [6.07, 6.45) is 11.5. The first kappa shape index (κ1) is 13.6. The van der Waals surface area contributed by atoms with Gasteiger partial charge in [-0.3, -0.25) is 0 Å². The number of benzene rings is 1. The highest BCUT2D eigenvalue weighted by atomic mass is 14.3. The Morgan fingerprint density at radius 3 is 2.22 bits per heavy atom. The van der Waals surface area contributed by atoms with Crippen LogP contribution in [0.3, 0.4) is 0 Å². The second kappa shape index (κ2) is 6.97. The first-order chi connectivity index (χ1) is 8.79. The van der Waals surface area contributed by atoms with E-state index in [2.05, 4.69) is 38.1 Å². The number of rotatable bonds is 5. The first-order valence-corrected chi connectivity index (χ1v) is 7.86. The van der Waals surface area contributed by atoms with Crippen molar-refractivity contribution in [1.82, 2.24) is 0 Å². The van der Waals surface area contributed by atoms with Gasteiger partial charge in [-0.15, -0.1) is 0 Å². The van der Waals surface area contributed by atoms with Gasteiger partial charge in [-0.25, -0.2) is 0 Å². The summed E-state index contributed by atoms with van der Waals surface area (Å²) in [5.74, 6) is 1.87. The Morgan fingerprint density at radius 1 is 0.944 bits per heavy atom. The topological polar surface area (TPSA) is 0 Å². The third-order valence-corrected chi connectivity index (χ3v) is 4.61. The largest absolute Gasteiger partial charge is 0.0654 e. The average molecular weight is 244 g/mol. The normalized spacial score (nSPS) is 24.1. The second-order valence-electron chi connectivity index (χ2n) is 6.12. The predicted octanol–water partition coefficient (Wildman–Crippen LogP) is 5.85. The summed E-state index contributed by atoms with van der Waals surface area (Å²) in [5.41, 5.74) is 2.96. The summed E-state index contributed by atoms with van der Waals surface area (Å²) in [7, 11) is 0. The highest BCUT2D eigenvalue weighted by Crippen LogP contribution is 2.37. The molecule has 0 aromatic heterocycles. The van der Waals surface area contributed by atoms with Crippen molar-refractivity contribution in [2.75, 3.05) is 0 Å². The zero-order valence-electron chi connectivity index (χ0n) is 12.1. The van der Waals surface area contributed by atoms with E-state index in [0.29, 0.717) is 0 Å². The fraction of sp³-hybridized carbons (Fsp3) is 0.667. The lowest BCUT2D eigenvalue weighted by molar-refractivity contribution is 0.303. The van der Waals surface area contributed by atoms with Gasteiger partial charge < -0.3 is 0 Å². The van der Waals surface area contributed by atoms with Crippen LogP contribution in [-0.2, 0) is 0 Å². The Bertz CT molecular complexity index is 328. The van der Waals surface area contributed by atoms with Gasteiger partial charge >= 0.3 is 0 Å². The maximum atomic E-state index is 2.34. The van der Waals surface area contributed by atoms with Crippen LogP contribution in [0.5, 0.6) is 0 Å². The summed E-state index contributed by atoms with van der Waals surface area (Å²) < 4.78 is 0. The van der Waals surface area contributed by atoms with Gasteiger partial charge in [-0.2, -0.15) is 0 Å². The molecule has 18 heavy (non-hydrogen) atoms. The zero-order chi connectivity index (χ0) is 12.8. The SMILES string of the molecule is CCCCCC1CCC(c2ccc(C)cc2)CC1. The van der Waals surface area contributed by atoms with E-state index in [0.717, 1.165) is 11.8 Å². The van der Waals surface area contributed by atoms with Crippen LogP contribution in [0.1, 0.15) is 75.3 Å². The molecule has 0 amide bonds. The molecule has 100 valence electrons. The molecule has 1 aliphatic carbocycles. The molecule has 0 saturated heterocycles. The van der Waals surface area contributed by atoms with E-state index in [1.807, 2.05) is 0 Å². The molecule has 0 aliphatic heterocycles. The van der Waals surface area contributed by atoms with Crippen LogP contribution in [0.2, 0.25) is 0 Å². The standard InChI is InChI=1S/C18H28/c1-3-4-5-6-16-9-13-18(14-10-16)17-11-7-15(2)8-12-17/h7-8,11-12,16,18H,3-6,9-10,13-14H2,1-2H3. The Balaban J connectivity index is 1.77. The van der Waals surface area contributed by atoms with E-state index in [4.69, 9.17) is 0 Å². The Labute approximate surface area is 113 Å². The van der Waals surface area contributed by atoms with Crippen LogP contribution >= 0.6 is 0 Å². The predicted molar refractivity (Wildman–Crippen MR) is 80.0 cm³/mol. The Kier molecular flexibility index (Phi) is 5.28. The van der Waals surface area contributed by atoms with Crippen LogP contribution in [0, 0.1) is 12.8 Å². The van der Waals surface area contributed by atoms with Crippen molar-refractivity contribution >= 4 is 0 Å². The van der Waals surface area contributed by atoms with Crippen molar-refractivity contribution in [2.24, 2.45) is 5.92 Å². The van der Waals surface area contributed by atoms with E-state index in [1.165, 1.54) is 56.9 Å². The van der Waals surface area contributed by atoms with E-state index in [1.54, 1.807) is 5.56 Å². The van der Waals surface area contributed by atoms with Crippen LogP contribution in [-0.4, -0.2) is 0 Å². The number of hydrogen-bond donors (Lipinski definition) is 0. The van der Waals surface area contributed by atoms with E-state index in [-0.39, 0.29) is 0 Å². The molecule has 2 rings (SSSR count). The van der Waals surface area contributed by atoms with Crippen LogP contribution in [0.25, 0.3) is 0 Å². The third-order valence-electron chi connectivity index (χ3n) is 4.61. The Morgan fingerprint density at radius 2 is 1.61 bits per heavy atom. The quantitative estimate of drug-likeness (QED) is 0.570. The average Bonchev–Trinajstić information content (AvgIpc) is 2.41. The molecule has 1 aromatic rings. The zero-order valence-corrected chi connectivity index (χ0v) is 12.1. The number of aryl methyl sites for hydroxylation is 1. The molecular formula is C18H28. The molecule has 0 heterocycles. The van der Waals surface area contributed by atoms with Gasteiger partial charge in [0.2, 0.25) is 0 Å². The molecule has 1 fully saturated rings. The van der Waals surface area contributed by atoms with Crippen LogP contribution < -0.4 is 0 Å². The summed E-state index contributed by atoms with van der Waals surface area (Å²) in [4.78, 5) is 0. The summed E-state index contributed by atoms with van der Waals surface area (Å²) in [6, 6.07) is 9.22. The Hall–Kier alpha value is -0.780. The third kappa shape index (κ3) is 3.86. The maximum absolute atomic E-state index is 2.34. The molecule has 0 N–H and O–H groups in total. The van der Waals surface area contributed by atoms with Gasteiger partial charge in [0.25, 0.3) is 0 Å². The first-order valence-electron chi connectivity index (χ1n) is 7.86. The smallest absolute Gasteiger partial charge is 0.0162 e. The highest BCUT2D eigenvalue weighted by Gasteiger charge is 2.21. The molecule has 0 unspecified atom stereocenters. The summed E-state index contributed by atoms with van der Waals surface area (Å²) in [6.45, 7) is 4.47. The van der Waals surface area contributed by atoms with Crippen molar-refractivity contribution in [1.29, 1.82) is 0 Å². The molecule has 0 radical (unpaired) electrons. The number of hydrogen-bond acceptors (Lipinski definition) is 0. The lowest BCUT2D eigenvalue weighted by Crippen LogP contribution is -2.13. The summed E-state index contributed by atoms with van der Waals surface area (Å²) in [5, 5.41) is 0. The molecule has 0 heteroatoms. The van der Waals surface area contributed by atoms with Gasteiger partial charge in [0.1, 0.15) is 0 Å². The minimum Gasteiger partial charge on any atom is -0.0654 e. The molecule has 1 aromatic carbocycles. The minimum absolute atomic E-state index is 0.841.